The van der Waals surface area contributed by atoms with E-state index in [0.717, 1.165) is 13.2 Å². The molecule has 0 aromatic carbocycles. The van der Waals surface area contributed by atoms with E-state index in [1.165, 1.54) is 0 Å². The van der Waals surface area contributed by atoms with Crippen LogP contribution in [0.25, 0.3) is 0 Å². The van der Waals surface area contributed by atoms with Crippen molar-refractivity contribution in [2.24, 2.45) is 0 Å². The van der Waals surface area contributed by atoms with Crippen molar-refractivity contribution in [1.82, 2.24) is 9.80 Å². The normalized spacial score (nSPS) is 18.6. The summed E-state index contributed by atoms with van der Waals surface area (Å²) < 4.78 is 5.16. The van der Waals surface area contributed by atoms with Gasteiger partial charge in [0.1, 0.15) is 6.61 Å². The van der Waals surface area contributed by atoms with Crippen molar-refractivity contribution in [2.75, 3.05) is 26.9 Å². The van der Waals surface area contributed by atoms with Crippen molar-refractivity contribution in [3.05, 3.63) is 0 Å². The number of nitrogens with zero attached hydrogens (tertiary/aromatic N) is 2. The molecule has 0 aromatic rings. The molecule has 3 nitrogen and oxygen atoms in total. The van der Waals surface area contributed by atoms with Crippen molar-refractivity contribution >= 4 is 17.4 Å². The minimum absolute atomic E-state index is 0.128. The van der Waals surface area contributed by atoms with E-state index < -0.39 is 0 Å². The fourth-order valence-electron chi connectivity index (χ4n) is 1.07. The first-order valence-electron chi connectivity index (χ1n) is 4.23. The van der Waals surface area contributed by atoms with E-state index in [9.17, 15) is 0 Å². The number of rotatable bonds is 3. The van der Waals surface area contributed by atoms with Crippen LogP contribution >= 0.6 is 12.2 Å². The predicted octanol–water partition coefficient (Wildman–Crippen LogP) is 0.514. The SMILES string of the molecule is C#CC(C)N(C)CN1CCOC1=S. The van der Waals surface area contributed by atoms with Gasteiger partial charge in [-0.3, -0.25) is 4.90 Å². The minimum atomic E-state index is 0.128. The summed E-state index contributed by atoms with van der Waals surface area (Å²) in [5.41, 5.74) is 0. The zero-order valence-corrected chi connectivity index (χ0v) is 8.80. The molecule has 72 valence electrons. The highest BCUT2D eigenvalue weighted by atomic mass is 32.1. The lowest BCUT2D eigenvalue weighted by atomic mass is 10.3. The molecule has 13 heavy (non-hydrogen) atoms. The van der Waals surface area contributed by atoms with Gasteiger partial charge in [0.15, 0.2) is 0 Å². The molecule has 4 heteroatoms. The zero-order chi connectivity index (χ0) is 9.84. The molecule has 0 N–H and O–H groups in total. The van der Waals surface area contributed by atoms with Crippen LogP contribution in [0.4, 0.5) is 0 Å². The average Bonchev–Trinajstić information content (AvgIpc) is 2.50. The molecule has 1 fully saturated rings. The van der Waals surface area contributed by atoms with Crippen LogP contribution in [0.3, 0.4) is 0 Å². The molecule has 0 bridgehead atoms. The van der Waals surface area contributed by atoms with E-state index in [0.29, 0.717) is 11.8 Å². The summed E-state index contributed by atoms with van der Waals surface area (Å²) in [6.07, 6.45) is 5.31. The second-order valence-corrected chi connectivity index (χ2v) is 3.47. The molecule has 0 aliphatic carbocycles. The fourth-order valence-corrected chi connectivity index (χ4v) is 1.31. The second-order valence-electron chi connectivity index (χ2n) is 3.12. The van der Waals surface area contributed by atoms with Gasteiger partial charge in [-0.15, -0.1) is 6.42 Å². The van der Waals surface area contributed by atoms with Crippen LogP contribution in [0, 0.1) is 12.3 Å². The second kappa shape index (κ2) is 4.45. The van der Waals surface area contributed by atoms with Gasteiger partial charge in [-0.05, 0) is 26.2 Å². The number of ether oxygens (including phenoxy) is 1. The zero-order valence-electron chi connectivity index (χ0n) is 7.99. The van der Waals surface area contributed by atoms with E-state index in [1.807, 2.05) is 18.9 Å². The van der Waals surface area contributed by atoms with Crippen molar-refractivity contribution in [3.63, 3.8) is 0 Å². The Labute approximate surface area is 84.6 Å². The van der Waals surface area contributed by atoms with Gasteiger partial charge in [-0.2, -0.15) is 0 Å². The molecule has 1 aliphatic rings. The largest absolute Gasteiger partial charge is 0.469 e. The van der Waals surface area contributed by atoms with Crippen molar-refractivity contribution in [3.8, 4) is 12.3 Å². The Morgan fingerprint density at radius 2 is 2.54 bits per heavy atom. The van der Waals surface area contributed by atoms with Crippen LogP contribution in [0.15, 0.2) is 0 Å². The van der Waals surface area contributed by atoms with Crippen LogP contribution in [0.5, 0.6) is 0 Å². The topological polar surface area (TPSA) is 15.7 Å². The summed E-state index contributed by atoms with van der Waals surface area (Å²) in [5, 5.41) is 0.580. The first-order valence-corrected chi connectivity index (χ1v) is 4.64. The molecule has 1 saturated heterocycles. The van der Waals surface area contributed by atoms with Gasteiger partial charge in [0.05, 0.1) is 19.3 Å². The van der Waals surface area contributed by atoms with Gasteiger partial charge in [0, 0.05) is 0 Å². The molecule has 1 atom stereocenters. The van der Waals surface area contributed by atoms with Gasteiger partial charge in [-0.1, -0.05) is 5.92 Å². The lowest BCUT2D eigenvalue weighted by molar-refractivity contribution is 0.215. The van der Waals surface area contributed by atoms with Gasteiger partial charge >= 0.3 is 0 Å². The first kappa shape index (κ1) is 10.3. The third kappa shape index (κ3) is 2.58. The molecule has 0 saturated carbocycles. The molecule has 1 aliphatic heterocycles. The van der Waals surface area contributed by atoms with Crippen LogP contribution < -0.4 is 0 Å². The van der Waals surface area contributed by atoms with Crippen molar-refractivity contribution in [2.45, 2.75) is 13.0 Å². The van der Waals surface area contributed by atoms with Crippen molar-refractivity contribution < 1.29 is 4.74 Å². The van der Waals surface area contributed by atoms with E-state index in [4.69, 9.17) is 23.4 Å². The summed E-state index contributed by atoms with van der Waals surface area (Å²) >= 11 is 5.01. The number of thiocarbonyl (C=S) groups is 1. The Bertz CT molecular complexity index is 236. The molecule has 0 radical (unpaired) electrons. The molecular weight excluding hydrogens is 184 g/mol. The van der Waals surface area contributed by atoms with Gasteiger partial charge in [0.25, 0.3) is 5.17 Å². The van der Waals surface area contributed by atoms with E-state index >= 15 is 0 Å². The Balaban J connectivity index is 2.40. The van der Waals surface area contributed by atoms with Crippen molar-refractivity contribution in [1.29, 1.82) is 0 Å². The van der Waals surface area contributed by atoms with Crippen LogP contribution in [0.2, 0.25) is 0 Å². The lowest BCUT2D eigenvalue weighted by Gasteiger charge is -2.25. The van der Waals surface area contributed by atoms with E-state index in [-0.39, 0.29) is 6.04 Å². The Morgan fingerprint density at radius 3 is 3.00 bits per heavy atom. The molecule has 0 amide bonds. The first-order chi connectivity index (χ1) is 6.15. The Hall–Kier alpha value is -0.790. The summed E-state index contributed by atoms with van der Waals surface area (Å²) in [7, 11) is 1.98. The standard InChI is InChI=1S/C9H14N2OS/c1-4-8(2)10(3)7-11-5-6-12-9(11)13/h1,8H,5-7H2,2-3H3. The summed E-state index contributed by atoms with van der Waals surface area (Å²) in [5.74, 6) is 2.67. The predicted molar refractivity (Wildman–Crippen MR) is 56.2 cm³/mol. The maximum atomic E-state index is 5.31. The molecule has 1 heterocycles. The lowest BCUT2D eigenvalue weighted by Crippen LogP contribution is -2.40. The summed E-state index contributed by atoms with van der Waals surface area (Å²) in [6.45, 7) is 4.28. The quantitative estimate of drug-likeness (QED) is 0.485. The van der Waals surface area contributed by atoms with Crippen LogP contribution in [-0.4, -0.2) is 47.9 Å². The van der Waals surface area contributed by atoms with E-state index in [2.05, 4.69) is 10.8 Å². The highest BCUT2D eigenvalue weighted by molar-refractivity contribution is 7.80. The highest BCUT2D eigenvalue weighted by Gasteiger charge is 2.20. The van der Waals surface area contributed by atoms with E-state index in [1.54, 1.807) is 0 Å². The average molecular weight is 198 g/mol. The number of terminal acetylenes is 1. The van der Waals surface area contributed by atoms with Crippen LogP contribution in [0.1, 0.15) is 6.92 Å². The number of hydrogen-bond donors (Lipinski definition) is 0. The third-order valence-electron chi connectivity index (χ3n) is 2.14. The van der Waals surface area contributed by atoms with Gasteiger partial charge < -0.3 is 9.64 Å². The molecule has 1 rings (SSSR count). The molecule has 0 aromatic heterocycles. The fraction of sp³-hybridized carbons (Fsp3) is 0.667. The maximum Gasteiger partial charge on any atom is 0.260 e. The highest BCUT2D eigenvalue weighted by Crippen LogP contribution is 2.05. The number of hydrogen-bond acceptors (Lipinski definition) is 3. The maximum absolute atomic E-state index is 5.31. The molecule has 0 spiro atoms. The van der Waals surface area contributed by atoms with Crippen LogP contribution in [-0.2, 0) is 4.74 Å². The third-order valence-corrected chi connectivity index (χ3v) is 2.52. The smallest absolute Gasteiger partial charge is 0.260 e. The van der Waals surface area contributed by atoms with Gasteiger partial charge in [0.2, 0.25) is 0 Å². The monoisotopic (exact) mass is 198 g/mol. The van der Waals surface area contributed by atoms with Gasteiger partial charge in [-0.25, -0.2) is 0 Å². The molecule has 1 unspecified atom stereocenters. The molecular formula is C9H14N2OS. The minimum Gasteiger partial charge on any atom is -0.469 e. The Kier molecular flexibility index (Phi) is 3.52. The Morgan fingerprint density at radius 1 is 1.85 bits per heavy atom. The summed E-state index contributed by atoms with van der Waals surface area (Å²) in [6, 6.07) is 0.128. The summed E-state index contributed by atoms with van der Waals surface area (Å²) in [4.78, 5) is 4.06.